The molecule has 6 heteroatoms. The minimum absolute atomic E-state index is 0.242. The van der Waals surface area contributed by atoms with Crippen LogP contribution in [0.3, 0.4) is 0 Å². The van der Waals surface area contributed by atoms with Crippen molar-refractivity contribution in [1.29, 1.82) is 0 Å². The van der Waals surface area contributed by atoms with Gasteiger partial charge in [-0.15, -0.1) is 11.3 Å². The van der Waals surface area contributed by atoms with E-state index in [1.54, 1.807) is 35.6 Å². The van der Waals surface area contributed by atoms with Gasteiger partial charge in [-0.3, -0.25) is 14.5 Å². The van der Waals surface area contributed by atoms with Crippen molar-refractivity contribution in [3.05, 3.63) is 61.6 Å². The Bertz CT molecular complexity index is 782. The third kappa shape index (κ3) is 3.27. The molecule has 2 heterocycles. The Hall–Kier alpha value is -1.56. The van der Waals surface area contributed by atoms with Crippen molar-refractivity contribution < 1.29 is 9.59 Å². The van der Waals surface area contributed by atoms with Crippen LogP contribution < -0.4 is 0 Å². The molecule has 3 rings (SSSR count). The van der Waals surface area contributed by atoms with Gasteiger partial charge in [0.1, 0.15) is 0 Å². The Morgan fingerprint density at radius 2 is 2.05 bits per heavy atom. The SMILES string of the molecule is Cc1ccc(/C=C2\SC(=O)N(Cc3cccc(Cl)c3)C2=O)s1. The predicted molar refractivity (Wildman–Crippen MR) is 92.0 cm³/mol. The van der Waals surface area contributed by atoms with Crippen molar-refractivity contribution >= 4 is 51.9 Å². The molecule has 1 fully saturated rings. The molecular formula is C16H12ClNO2S2. The Kier molecular flexibility index (Phi) is 4.38. The molecule has 0 N–H and O–H groups in total. The van der Waals surface area contributed by atoms with E-state index < -0.39 is 0 Å². The molecule has 112 valence electrons. The van der Waals surface area contributed by atoms with Crippen molar-refractivity contribution in [3.8, 4) is 0 Å². The van der Waals surface area contributed by atoms with Crippen LogP contribution in [0.5, 0.6) is 0 Å². The summed E-state index contributed by atoms with van der Waals surface area (Å²) in [6.07, 6.45) is 1.78. The topological polar surface area (TPSA) is 37.4 Å². The maximum Gasteiger partial charge on any atom is 0.293 e. The Labute approximate surface area is 141 Å². The van der Waals surface area contributed by atoms with E-state index >= 15 is 0 Å². The molecule has 0 bridgehead atoms. The molecule has 1 aliphatic rings. The van der Waals surface area contributed by atoms with Gasteiger partial charge in [-0.25, -0.2) is 0 Å². The van der Waals surface area contributed by atoms with Gasteiger partial charge in [0.15, 0.2) is 0 Å². The fourth-order valence-electron chi connectivity index (χ4n) is 2.11. The number of nitrogens with zero attached hydrogens (tertiary/aromatic N) is 1. The fraction of sp³-hybridized carbons (Fsp3) is 0.125. The highest BCUT2D eigenvalue weighted by atomic mass is 35.5. The van der Waals surface area contributed by atoms with Gasteiger partial charge >= 0.3 is 0 Å². The van der Waals surface area contributed by atoms with Crippen LogP contribution in [-0.4, -0.2) is 16.0 Å². The molecule has 0 aliphatic carbocycles. The van der Waals surface area contributed by atoms with Crippen molar-refractivity contribution in [3.63, 3.8) is 0 Å². The van der Waals surface area contributed by atoms with Crippen molar-refractivity contribution in [2.24, 2.45) is 0 Å². The summed E-state index contributed by atoms with van der Waals surface area (Å²) in [4.78, 5) is 28.3. The first kappa shape index (κ1) is 15.3. The predicted octanol–water partition coefficient (Wildman–Crippen LogP) is 4.95. The molecule has 0 spiro atoms. The third-order valence-electron chi connectivity index (χ3n) is 3.14. The van der Waals surface area contributed by atoms with Gasteiger partial charge in [-0.05, 0) is 54.6 Å². The lowest BCUT2D eigenvalue weighted by molar-refractivity contribution is -0.123. The second-order valence-corrected chi connectivity index (χ2v) is 7.60. The lowest BCUT2D eigenvalue weighted by atomic mass is 10.2. The molecule has 1 aromatic carbocycles. The Balaban J connectivity index is 1.81. The number of benzene rings is 1. The summed E-state index contributed by atoms with van der Waals surface area (Å²) in [5.74, 6) is -0.249. The van der Waals surface area contributed by atoms with Crippen LogP contribution in [0.1, 0.15) is 15.3 Å². The monoisotopic (exact) mass is 349 g/mol. The molecule has 0 saturated carbocycles. The van der Waals surface area contributed by atoms with Gasteiger partial charge in [-0.1, -0.05) is 23.7 Å². The summed E-state index contributed by atoms with van der Waals surface area (Å²) < 4.78 is 0. The molecule has 1 aromatic heterocycles. The number of carbonyl (C=O) groups is 2. The number of thioether (sulfide) groups is 1. The van der Waals surface area contributed by atoms with Gasteiger partial charge in [0.25, 0.3) is 11.1 Å². The molecular weight excluding hydrogens is 338 g/mol. The minimum Gasteiger partial charge on any atom is -0.268 e. The lowest BCUT2D eigenvalue weighted by Crippen LogP contribution is -2.27. The Morgan fingerprint density at radius 3 is 2.73 bits per heavy atom. The van der Waals surface area contributed by atoms with Crippen LogP contribution >= 0.6 is 34.7 Å². The van der Waals surface area contributed by atoms with E-state index in [0.29, 0.717) is 9.93 Å². The van der Waals surface area contributed by atoms with Gasteiger partial charge in [0.2, 0.25) is 0 Å². The van der Waals surface area contributed by atoms with Crippen molar-refractivity contribution in [2.75, 3.05) is 0 Å². The third-order valence-corrected chi connectivity index (χ3v) is 5.23. The zero-order valence-electron chi connectivity index (χ0n) is 11.7. The lowest BCUT2D eigenvalue weighted by Gasteiger charge is -2.12. The minimum atomic E-state index is -0.249. The number of hydrogen-bond donors (Lipinski definition) is 0. The molecule has 3 nitrogen and oxygen atoms in total. The maximum atomic E-state index is 12.4. The molecule has 0 radical (unpaired) electrons. The highest BCUT2D eigenvalue weighted by Gasteiger charge is 2.35. The molecule has 2 amide bonds. The number of carbonyl (C=O) groups excluding carboxylic acids is 2. The average molecular weight is 350 g/mol. The summed E-state index contributed by atoms with van der Waals surface area (Å²) in [6, 6.07) is 11.1. The number of thiophene rings is 1. The molecule has 0 unspecified atom stereocenters. The van der Waals surface area contributed by atoms with E-state index in [1.807, 2.05) is 25.1 Å². The number of rotatable bonds is 3. The van der Waals surface area contributed by atoms with Crippen LogP contribution in [0.4, 0.5) is 4.79 Å². The largest absolute Gasteiger partial charge is 0.293 e. The smallest absolute Gasteiger partial charge is 0.268 e. The highest BCUT2D eigenvalue weighted by molar-refractivity contribution is 8.18. The van der Waals surface area contributed by atoms with Crippen molar-refractivity contribution in [1.82, 2.24) is 4.90 Å². The number of amides is 2. The first-order chi connectivity index (χ1) is 10.5. The summed E-state index contributed by atoms with van der Waals surface area (Å²) in [7, 11) is 0. The first-order valence-electron chi connectivity index (χ1n) is 6.59. The number of hydrogen-bond acceptors (Lipinski definition) is 4. The second kappa shape index (κ2) is 6.28. The first-order valence-corrected chi connectivity index (χ1v) is 8.60. The summed E-state index contributed by atoms with van der Waals surface area (Å²) in [5, 5.41) is 0.346. The van der Waals surface area contributed by atoms with E-state index in [9.17, 15) is 9.59 Å². The molecule has 0 atom stereocenters. The number of imide groups is 1. The average Bonchev–Trinajstić information content (AvgIpc) is 2.98. The van der Waals surface area contributed by atoms with Crippen LogP contribution in [0.25, 0.3) is 6.08 Å². The Morgan fingerprint density at radius 1 is 1.23 bits per heavy atom. The fourth-order valence-corrected chi connectivity index (χ4v) is 4.05. The van der Waals surface area contributed by atoms with Gasteiger partial charge in [0.05, 0.1) is 11.4 Å². The van der Waals surface area contributed by atoms with E-state index in [0.717, 1.165) is 22.2 Å². The zero-order valence-corrected chi connectivity index (χ0v) is 14.1. The molecule has 2 aromatic rings. The van der Waals surface area contributed by atoms with Crippen molar-refractivity contribution in [2.45, 2.75) is 13.5 Å². The second-order valence-electron chi connectivity index (χ2n) is 4.85. The van der Waals surface area contributed by atoms with Gasteiger partial charge in [-0.2, -0.15) is 0 Å². The summed E-state index contributed by atoms with van der Waals surface area (Å²) in [6.45, 7) is 2.25. The summed E-state index contributed by atoms with van der Waals surface area (Å²) in [5.41, 5.74) is 0.836. The number of aryl methyl sites for hydroxylation is 1. The van der Waals surface area contributed by atoms with Gasteiger partial charge in [0, 0.05) is 14.8 Å². The zero-order chi connectivity index (χ0) is 15.7. The van der Waals surface area contributed by atoms with E-state index in [2.05, 4.69) is 0 Å². The molecule has 1 aliphatic heterocycles. The standard InChI is InChI=1S/C16H12ClNO2S2/c1-10-5-6-13(21-10)8-14-15(19)18(16(20)22-14)9-11-3-2-4-12(17)7-11/h2-8H,9H2,1H3/b14-8-. The van der Waals surface area contributed by atoms with Crippen LogP contribution in [0.15, 0.2) is 41.3 Å². The number of halogens is 1. The van der Waals surface area contributed by atoms with E-state index in [-0.39, 0.29) is 17.7 Å². The molecule has 22 heavy (non-hydrogen) atoms. The van der Waals surface area contributed by atoms with Crippen LogP contribution in [0.2, 0.25) is 5.02 Å². The van der Waals surface area contributed by atoms with Crippen LogP contribution in [-0.2, 0) is 11.3 Å². The summed E-state index contributed by atoms with van der Waals surface area (Å²) >= 11 is 8.52. The van der Waals surface area contributed by atoms with Crippen LogP contribution in [0, 0.1) is 6.92 Å². The maximum absolute atomic E-state index is 12.4. The van der Waals surface area contributed by atoms with Gasteiger partial charge < -0.3 is 0 Å². The molecule has 1 saturated heterocycles. The van der Waals surface area contributed by atoms with E-state index in [4.69, 9.17) is 11.6 Å². The van der Waals surface area contributed by atoms with E-state index in [1.165, 1.54) is 9.78 Å². The normalized spacial score (nSPS) is 16.8. The quantitative estimate of drug-likeness (QED) is 0.736. The highest BCUT2D eigenvalue weighted by Crippen LogP contribution is 2.34.